The van der Waals surface area contributed by atoms with Crippen molar-refractivity contribution >= 4 is 72.4 Å². The fourth-order valence-corrected chi connectivity index (χ4v) is 6.65. The molecule has 2 amide bonds. The molecule has 0 spiro atoms. The minimum absolute atomic E-state index is 0.0850. The van der Waals surface area contributed by atoms with Crippen LogP contribution in [0, 0.1) is 0 Å². The zero-order chi connectivity index (χ0) is 25.2. The van der Waals surface area contributed by atoms with E-state index in [1.54, 1.807) is 40.2 Å². The third kappa shape index (κ3) is 5.25. The first-order valence-corrected chi connectivity index (χ1v) is 14.1. The van der Waals surface area contributed by atoms with Crippen molar-refractivity contribution in [3.05, 3.63) is 73.8 Å². The Morgan fingerprint density at radius 1 is 1.03 bits per heavy atom. The van der Waals surface area contributed by atoms with E-state index in [2.05, 4.69) is 26.6 Å². The molecule has 5 rings (SSSR count). The number of nitrogens with one attached hydrogen (secondary N) is 2. The lowest BCUT2D eigenvalue weighted by Crippen LogP contribution is -2.23. The van der Waals surface area contributed by atoms with Crippen LogP contribution in [-0.4, -0.2) is 27.1 Å². The first-order chi connectivity index (χ1) is 17.4. The second-order valence-corrected chi connectivity index (χ2v) is 11.4. The van der Waals surface area contributed by atoms with Gasteiger partial charge in [0, 0.05) is 27.6 Å². The predicted octanol–water partition coefficient (Wildman–Crippen LogP) is 5.78. The third-order valence-corrected chi connectivity index (χ3v) is 8.52. The van der Waals surface area contributed by atoms with Crippen LogP contribution in [0.3, 0.4) is 0 Å². The Balaban J connectivity index is 1.43. The molecule has 0 radical (unpaired) electrons. The van der Waals surface area contributed by atoms with Crippen molar-refractivity contribution in [1.82, 2.24) is 9.55 Å². The molecule has 4 aromatic rings. The van der Waals surface area contributed by atoms with Crippen molar-refractivity contribution in [3.8, 4) is 5.69 Å². The largest absolute Gasteiger partial charge is 0.326 e. The van der Waals surface area contributed by atoms with E-state index in [9.17, 15) is 14.4 Å². The highest BCUT2D eigenvalue weighted by molar-refractivity contribution is 9.10. The van der Waals surface area contributed by atoms with E-state index in [0.717, 1.165) is 40.5 Å². The first kappa shape index (κ1) is 24.7. The molecular weight excluding hydrogens is 560 g/mol. The van der Waals surface area contributed by atoms with E-state index in [0.29, 0.717) is 27.6 Å². The van der Waals surface area contributed by atoms with Crippen LogP contribution in [0.4, 0.5) is 11.4 Å². The molecule has 2 aromatic heterocycles. The maximum absolute atomic E-state index is 13.8. The second-order valence-electron chi connectivity index (χ2n) is 8.50. The number of anilines is 2. The van der Waals surface area contributed by atoms with Gasteiger partial charge in [-0.25, -0.2) is 4.98 Å². The van der Waals surface area contributed by atoms with Gasteiger partial charge in [0.1, 0.15) is 4.83 Å². The molecule has 2 aromatic carbocycles. The van der Waals surface area contributed by atoms with E-state index >= 15 is 0 Å². The number of thiophene rings is 1. The number of benzene rings is 2. The Labute approximate surface area is 224 Å². The van der Waals surface area contributed by atoms with Crippen LogP contribution in [0.5, 0.6) is 0 Å². The second kappa shape index (κ2) is 10.6. The number of thioether (sulfide) groups is 1. The first-order valence-electron chi connectivity index (χ1n) is 11.5. The molecule has 1 aliphatic carbocycles. The molecule has 2 N–H and O–H groups in total. The number of rotatable bonds is 6. The summed E-state index contributed by atoms with van der Waals surface area (Å²) in [5, 5.41) is 6.76. The van der Waals surface area contributed by atoms with Gasteiger partial charge in [-0.05, 0) is 79.8 Å². The maximum Gasteiger partial charge on any atom is 0.267 e. The zero-order valence-electron chi connectivity index (χ0n) is 19.5. The van der Waals surface area contributed by atoms with Crippen LogP contribution in [0.1, 0.15) is 30.2 Å². The Kier molecular flexibility index (Phi) is 7.27. The van der Waals surface area contributed by atoms with Crippen molar-refractivity contribution in [2.75, 3.05) is 16.4 Å². The Bertz CT molecular complexity index is 1510. The molecule has 0 saturated heterocycles. The van der Waals surface area contributed by atoms with Crippen LogP contribution in [0.15, 0.2) is 63.0 Å². The third-order valence-electron chi connectivity index (χ3n) is 5.86. The zero-order valence-corrected chi connectivity index (χ0v) is 22.7. The molecule has 2 heterocycles. The van der Waals surface area contributed by atoms with Crippen LogP contribution in [-0.2, 0) is 22.4 Å². The minimum Gasteiger partial charge on any atom is -0.326 e. The molecule has 7 nitrogen and oxygen atoms in total. The van der Waals surface area contributed by atoms with Crippen LogP contribution < -0.4 is 16.2 Å². The van der Waals surface area contributed by atoms with Gasteiger partial charge in [0.05, 0.1) is 16.8 Å². The normalized spacial score (nSPS) is 12.8. The SMILES string of the molecule is CC(=O)Nc1ccc(NC(=O)CSc2nc3sc4c(c3c(=O)n2-c2ccc(Br)cc2)CCCC4)cc1. The number of carbonyl (C=O) groups is 2. The van der Waals surface area contributed by atoms with Gasteiger partial charge in [0.2, 0.25) is 11.8 Å². The molecule has 0 atom stereocenters. The van der Waals surface area contributed by atoms with Crippen molar-refractivity contribution < 1.29 is 9.59 Å². The number of amides is 2. The topological polar surface area (TPSA) is 93.1 Å². The average molecular weight is 584 g/mol. The van der Waals surface area contributed by atoms with Gasteiger partial charge in [-0.15, -0.1) is 11.3 Å². The highest BCUT2D eigenvalue weighted by atomic mass is 79.9. The van der Waals surface area contributed by atoms with Crippen molar-refractivity contribution in [3.63, 3.8) is 0 Å². The Hall–Kier alpha value is -2.95. The van der Waals surface area contributed by atoms with E-state index in [-0.39, 0.29) is 23.1 Å². The van der Waals surface area contributed by atoms with E-state index in [1.807, 2.05) is 24.3 Å². The number of fused-ring (bicyclic) bond motifs is 3. The van der Waals surface area contributed by atoms with Gasteiger partial charge in [-0.2, -0.15) is 0 Å². The average Bonchev–Trinajstić information content (AvgIpc) is 3.23. The fourth-order valence-electron chi connectivity index (χ4n) is 4.27. The molecule has 0 bridgehead atoms. The summed E-state index contributed by atoms with van der Waals surface area (Å²) in [5.41, 5.74) is 3.04. The Morgan fingerprint density at radius 3 is 2.39 bits per heavy atom. The number of hydrogen-bond donors (Lipinski definition) is 2. The van der Waals surface area contributed by atoms with Gasteiger partial charge < -0.3 is 10.6 Å². The van der Waals surface area contributed by atoms with Gasteiger partial charge in [0.25, 0.3) is 5.56 Å². The molecule has 184 valence electrons. The lowest BCUT2D eigenvalue weighted by Gasteiger charge is -2.14. The smallest absolute Gasteiger partial charge is 0.267 e. The highest BCUT2D eigenvalue weighted by Crippen LogP contribution is 2.35. The predicted molar refractivity (Wildman–Crippen MR) is 150 cm³/mol. The number of nitrogens with zero attached hydrogens (tertiary/aromatic N) is 2. The summed E-state index contributed by atoms with van der Waals surface area (Å²) in [5.74, 6) is -0.280. The Morgan fingerprint density at radius 2 is 1.69 bits per heavy atom. The lowest BCUT2D eigenvalue weighted by molar-refractivity contribution is -0.114. The summed E-state index contributed by atoms with van der Waals surface area (Å²) >= 11 is 6.29. The molecule has 0 unspecified atom stereocenters. The molecule has 36 heavy (non-hydrogen) atoms. The van der Waals surface area contributed by atoms with Crippen molar-refractivity contribution in [2.45, 2.75) is 37.8 Å². The van der Waals surface area contributed by atoms with Crippen LogP contribution >= 0.6 is 39.0 Å². The van der Waals surface area contributed by atoms with E-state index in [4.69, 9.17) is 4.98 Å². The summed E-state index contributed by atoms with van der Waals surface area (Å²) in [6.07, 6.45) is 4.11. The summed E-state index contributed by atoms with van der Waals surface area (Å²) in [7, 11) is 0. The van der Waals surface area contributed by atoms with Gasteiger partial charge in [-0.1, -0.05) is 27.7 Å². The molecule has 0 saturated carbocycles. The number of carbonyl (C=O) groups excluding carboxylic acids is 2. The molecular formula is C26H23BrN4O3S2. The summed E-state index contributed by atoms with van der Waals surface area (Å²) in [6.45, 7) is 1.44. The van der Waals surface area contributed by atoms with Gasteiger partial charge in [0.15, 0.2) is 5.16 Å². The fraction of sp³-hybridized carbons (Fsp3) is 0.231. The van der Waals surface area contributed by atoms with Crippen LogP contribution in [0.25, 0.3) is 15.9 Å². The van der Waals surface area contributed by atoms with Gasteiger partial charge in [-0.3, -0.25) is 19.0 Å². The molecule has 1 aliphatic rings. The minimum atomic E-state index is -0.213. The standard InChI is InChI=1S/C26H23BrN4O3S2/c1-15(32)28-17-8-10-18(11-9-17)29-22(33)14-35-26-30-24-23(20-4-2-3-5-21(20)36-24)25(34)31(26)19-12-6-16(27)7-13-19/h6-13H,2-5,14H2,1H3,(H,28,32)(H,29,33). The summed E-state index contributed by atoms with van der Waals surface area (Å²) in [6, 6.07) is 14.4. The summed E-state index contributed by atoms with van der Waals surface area (Å²) in [4.78, 5) is 44.6. The molecule has 0 aliphatic heterocycles. The number of hydrogen-bond acceptors (Lipinski definition) is 6. The quantitative estimate of drug-likeness (QED) is 0.222. The number of aromatic nitrogens is 2. The van der Waals surface area contributed by atoms with E-state index in [1.165, 1.54) is 23.6 Å². The molecule has 10 heteroatoms. The van der Waals surface area contributed by atoms with E-state index < -0.39 is 0 Å². The highest BCUT2D eigenvalue weighted by Gasteiger charge is 2.23. The number of halogens is 1. The lowest BCUT2D eigenvalue weighted by atomic mass is 9.97. The van der Waals surface area contributed by atoms with Crippen LogP contribution in [0.2, 0.25) is 0 Å². The molecule has 0 fully saturated rings. The number of aryl methyl sites for hydroxylation is 2. The van der Waals surface area contributed by atoms with Crippen molar-refractivity contribution in [1.29, 1.82) is 0 Å². The monoisotopic (exact) mass is 582 g/mol. The summed E-state index contributed by atoms with van der Waals surface area (Å²) < 4.78 is 2.54. The maximum atomic E-state index is 13.8. The van der Waals surface area contributed by atoms with Crippen molar-refractivity contribution in [2.24, 2.45) is 0 Å². The van der Waals surface area contributed by atoms with Gasteiger partial charge >= 0.3 is 0 Å².